The van der Waals surface area contributed by atoms with Gasteiger partial charge in [0.15, 0.2) is 0 Å². The van der Waals surface area contributed by atoms with Crippen LogP contribution in [0.25, 0.3) is 0 Å². The summed E-state index contributed by atoms with van der Waals surface area (Å²) in [5.41, 5.74) is 0.971. The highest BCUT2D eigenvalue weighted by molar-refractivity contribution is 5.70. The first-order valence-electron chi connectivity index (χ1n) is 7.75. The summed E-state index contributed by atoms with van der Waals surface area (Å²) in [6.45, 7) is 0.972. The average Bonchev–Trinajstić information content (AvgIpc) is 2.58. The molecule has 1 aromatic rings. The smallest absolute Gasteiger partial charge is 0.410 e. The number of benzene rings is 1. The molecule has 0 bridgehead atoms. The Labute approximate surface area is 131 Å². The third-order valence-corrected chi connectivity index (χ3v) is 3.98. The fourth-order valence-electron chi connectivity index (χ4n) is 2.73. The zero-order valence-corrected chi connectivity index (χ0v) is 13.0. The maximum Gasteiger partial charge on any atom is 0.410 e. The van der Waals surface area contributed by atoms with E-state index in [4.69, 9.17) is 4.74 Å². The van der Waals surface area contributed by atoms with Crippen molar-refractivity contribution in [1.82, 2.24) is 4.90 Å². The lowest BCUT2D eigenvalue weighted by Gasteiger charge is -2.34. The van der Waals surface area contributed by atoms with Crippen LogP contribution in [0.3, 0.4) is 0 Å². The molecule has 1 aliphatic heterocycles. The Morgan fingerprint density at radius 2 is 2.00 bits per heavy atom. The van der Waals surface area contributed by atoms with E-state index in [0.29, 0.717) is 19.4 Å². The predicted molar refractivity (Wildman–Crippen MR) is 82.2 cm³/mol. The molecule has 22 heavy (non-hydrogen) atoms. The predicted octanol–water partition coefficient (Wildman–Crippen LogP) is 3.13. The minimum absolute atomic E-state index is 0.0659. The van der Waals surface area contributed by atoms with E-state index >= 15 is 0 Å². The second kappa shape index (κ2) is 8.41. The molecule has 1 heterocycles. The Bertz CT molecular complexity index is 489. The van der Waals surface area contributed by atoms with E-state index < -0.39 is 0 Å². The van der Waals surface area contributed by atoms with E-state index in [-0.39, 0.29) is 24.7 Å². The van der Waals surface area contributed by atoms with Crippen molar-refractivity contribution in [1.29, 1.82) is 0 Å². The Kier molecular flexibility index (Phi) is 6.25. The number of piperidine rings is 1. The van der Waals surface area contributed by atoms with Crippen LogP contribution in [0.2, 0.25) is 0 Å². The van der Waals surface area contributed by atoms with Gasteiger partial charge in [-0.05, 0) is 31.2 Å². The van der Waals surface area contributed by atoms with Gasteiger partial charge in [-0.2, -0.15) is 0 Å². The van der Waals surface area contributed by atoms with Gasteiger partial charge in [0.05, 0.1) is 7.11 Å². The minimum atomic E-state index is -0.293. The summed E-state index contributed by atoms with van der Waals surface area (Å²) in [5.74, 6) is -0.233. The summed E-state index contributed by atoms with van der Waals surface area (Å²) in [7, 11) is 1.38. The van der Waals surface area contributed by atoms with Crippen LogP contribution < -0.4 is 0 Å². The molecule has 0 unspecified atom stereocenters. The maximum atomic E-state index is 12.3. The lowest BCUT2D eigenvalue weighted by molar-refractivity contribution is -0.141. The molecule has 0 radical (unpaired) electrons. The number of nitrogens with zero attached hydrogens (tertiary/aromatic N) is 1. The Hall–Kier alpha value is -2.04. The zero-order valence-electron chi connectivity index (χ0n) is 13.0. The van der Waals surface area contributed by atoms with Crippen molar-refractivity contribution in [3.05, 3.63) is 35.9 Å². The number of hydrogen-bond acceptors (Lipinski definition) is 4. The molecule has 1 aliphatic rings. The van der Waals surface area contributed by atoms with Crippen LogP contribution in [0, 0.1) is 0 Å². The second-order valence-electron chi connectivity index (χ2n) is 5.50. The fourth-order valence-corrected chi connectivity index (χ4v) is 2.73. The third-order valence-electron chi connectivity index (χ3n) is 3.98. The highest BCUT2D eigenvalue weighted by Gasteiger charge is 2.28. The summed E-state index contributed by atoms with van der Waals surface area (Å²) in [5, 5.41) is 0. The fraction of sp³-hybridized carbons (Fsp3) is 0.529. The molecule has 1 saturated heterocycles. The molecule has 0 N–H and O–H groups in total. The van der Waals surface area contributed by atoms with E-state index in [2.05, 4.69) is 4.74 Å². The minimum Gasteiger partial charge on any atom is -0.469 e. The Morgan fingerprint density at radius 3 is 2.73 bits per heavy atom. The summed E-state index contributed by atoms with van der Waals surface area (Å²) in [6, 6.07) is 9.69. The van der Waals surface area contributed by atoms with Crippen LogP contribution >= 0.6 is 0 Å². The van der Waals surface area contributed by atoms with Gasteiger partial charge in [0.1, 0.15) is 6.61 Å². The number of hydrogen-bond donors (Lipinski definition) is 0. The Morgan fingerprint density at radius 1 is 1.23 bits per heavy atom. The topological polar surface area (TPSA) is 55.8 Å². The van der Waals surface area contributed by atoms with Gasteiger partial charge >= 0.3 is 12.1 Å². The highest BCUT2D eigenvalue weighted by atomic mass is 16.6. The molecular weight excluding hydrogens is 282 g/mol. The van der Waals surface area contributed by atoms with Crippen LogP contribution in [0.1, 0.15) is 37.7 Å². The summed E-state index contributed by atoms with van der Waals surface area (Å²) in [6.07, 6.45) is 3.65. The van der Waals surface area contributed by atoms with Crippen LogP contribution in [0.15, 0.2) is 30.3 Å². The maximum absolute atomic E-state index is 12.3. The average molecular weight is 305 g/mol. The molecule has 1 fully saturated rings. The van der Waals surface area contributed by atoms with Gasteiger partial charge in [-0.15, -0.1) is 0 Å². The number of methoxy groups -OCH3 is 1. The van der Waals surface area contributed by atoms with Gasteiger partial charge in [-0.3, -0.25) is 4.79 Å². The van der Waals surface area contributed by atoms with Crippen molar-refractivity contribution < 1.29 is 19.1 Å². The van der Waals surface area contributed by atoms with Crippen LogP contribution in [-0.2, 0) is 20.9 Å². The van der Waals surface area contributed by atoms with Gasteiger partial charge in [-0.25, -0.2) is 4.79 Å². The van der Waals surface area contributed by atoms with E-state index in [0.717, 1.165) is 24.8 Å². The van der Waals surface area contributed by atoms with Gasteiger partial charge in [0.25, 0.3) is 0 Å². The van der Waals surface area contributed by atoms with Gasteiger partial charge in [0.2, 0.25) is 0 Å². The van der Waals surface area contributed by atoms with E-state index in [1.165, 1.54) is 7.11 Å². The molecule has 1 atom stereocenters. The third kappa shape index (κ3) is 4.76. The molecular formula is C17H23NO4. The first-order valence-corrected chi connectivity index (χ1v) is 7.75. The molecule has 1 amide bonds. The summed E-state index contributed by atoms with van der Waals surface area (Å²) < 4.78 is 10.1. The second-order valence-corrected chi connectivity index (χ2v) is 5.50. The number of carbonyl (C=O) groups excluding carboxylic acids is 2. The van der Waals surface area contributed by atoms with Crippen molar-refractivity contribution in [2.75, 3.05) is 13.7 Å². The van der Waals surface area contributed by atoms with E-state index in [1.54, 1.807) is 4.90 Å². The molecule has 0 spiro atoms. The molecule has 0 aliphatic carbocycles. The van der Waals surface area contributed by atoms with Crippen molar-refractivity contribution >= 4 is 12.1 Å². The lowest BCUT2D eigenvalue weighted by atomic mass is 9.98. The molecule has 0 aromatic heterocycles. The van der Waals surface area contributed by atoms with Crippen molar-refractivity contribution in [3.63, 3.8) is 0 Å². The molecule has 2 rings (SSSR count). The van der Waals surface area contributed by atoms with Crippen LogP contribution in [0.4, 0.5) is 4.79 Å². The first-order chi connectivity index (χ1) is 10.7. The Balaban J connectivity index is 1.86. The van der Waals surface area contributed by atoms with Gasteiger partial charge < -0.3 is 14.4 Å². The van der Waals surface area contributed by atoms with Gasteiger partial charge in [0, 0.05) is 19.0 Å². The van der Waals surface area contributed by atoms with Crippen molar-refractivity contribution in [2.24, 2.45) is 0 Å². The zero-order chi connectivity index (χ0) is 15.8. The SMILES string of the molecule is COC(=O)CC[C@H]1CCCCN1C(=O)OCc1ccccc1. The standard InChI is InChI=1S/C17H23NO4/c1-21-16(19)11-10-15-9-5-6-12-18(15)17(20)22-13-14-7-3-2-4-8-14/h2-4,7-8,15H,5-6,9-13H2,1H3/t15-/m1/s1. The first kappa shape index (κ1) is 16.3. The van der Waals surface area contributed by atoms with E-state index in [1.807, 2.05) is 30.3 Å². The van der Waals surface area contributed by atoms with Gasteiger partial charge in [-0.1, -0.05) is 30.3 Å². The number of esters is 1. The number of rotatable bonds is 5. The monoisotopic (exact) mass is 305 g/mol. The van der Waals surface area contributed by atoms with E-state index in [9.17, 15) is 9.59 Å². The number of ether oxygens (including phenoxy) is 2. The van der Waals surface area contributed by atoms with Crippen LogP contribution in [0.5, 0.6) is 0 Å². The van der Waals surface area contributed by atoms with Crippen molar-refractivity contribution in [3.8, 4) is 0 Å². The van der Waals surface area contributed by atoms with Crippen LogP contribution in [-0.4, -0.2) is 36.7 Å². The molecule has 5 nitrogen and oxygen atoms in total. The molecule has 120 valence electrons. The summed E-state index contributed by atoms with van der Waals surface area (Å²) in [4.78, 5) is 25.3. The molecule has 1 aromatic carbocycles. The van der Waals surface area contributed by atoms with Crippen molar-refractivity contribution in [2.45, 2.75) is 44.8 Å². The highest BCUT2D eigenvalue weighted by Crippen LogP contribution is 2.22. The molecule has 0 saturated carbocycles. The number of carbonyl (C=O) groups is 2. The summed E-state index contributed by atoms with van der Waals surface area (Å²) >= 11 is 0. The number of likely N-dealkylation sites (tertiary alicyclic amines) is 1. The molecule has 5 heteroatoms. The normalized spacial score (nSPS) is 17.9. The lowest BCUT2D eigenvalue weighted by Crippen LogP contribution is -2.44. The quantitative estimate of drug-likeness (QED) is 0.784. The number of amides is 1. The largest absolute Gasteiger partial charge is 0.469 e.